The summed E-state index contributed by atoms with van der Waals surface area (Å²) in [6, 6.07) is 24.7. The van der Waals surface area contributed by atoms with Gasteiger partial charge in [0.05, 0.1) is 0 Å². The lowest BCUT2D eigenvalue weighted by Crippen LogP contribution is -2.37. The van der Waals surface area contributed by atoms with Crippen molar-refractivity contribution < 1.29 is 4.79 Å². The molecule has 1 aliphatic heterocycles. The van der Waals surface area contributed by atoms with Crippen molar-refractivity contribution in [2.75, 3.05) is 19.6 Å². The van der Waals surface area contributed by atoms with Crippen molar-refractivity contribution in [1.82, 2.24) is 14.8 Å². The molecule has 0 radical (unpaired) electrons. The van der Waals surface area contributed by atoms with Gasteiger partial charge in [0.2, 0.25) is 0 Å². The monoisotopic (exact) mass is 359 g/mol. The van der Waals surface area contributed by atoms with Crippen LogP contribution in [0.3, 0.4) is 0 Å². The summed E-state index contributed by atoms with van der Waals surface area (Å²) >= 11 is 0. The van der Waals surface area contributed by atoms with Crippen LogP contribution < -0.4 is 5.32 Å². The van der Waals surface area contributed by atoms with E-state index in [1.165, 1.54) is 5.56 Å². The smallest absolute Gasteiger partial charge is 0.270 e. The topological polar surface area (TPSA) is 37.3 Å². The third-order valence-electron chi connectivity index (χ3n) is 5.30. The molecule has 1 amide bonds. The van der Waals surface area contributed by atoms with Gasteiger partial charge in [-0.1, -0.05) is 60.7 Å². The Kier molecular flexibility index (Phi) is 5.07. The molecule has 0 bridgehead atoms. The van der Waals surface area contributed by atoms with Crippen molar-refractivity contribution >= 4 is 5.91 Å². The zero-order valence-corrected chi connectivity index (χ0v) is 15.6. The number of hydrogen-bond acceptors (Lipinski definition) is 2. The second kappa shape index (κ2) is 7.80. The Morgan fingerprint density at radius 3 is 2.41 bits per heavy atom. The van der Waals surface area contributed by atoms with Crippen LogP contribution in [0.5, 0.6) is 0 Å². The maximum absolute atomic E-state index is 13.3. The fourth-order valence-corrected chi connectivity index (χ4v) is 3.80. The number of hydrogen-bond donors (Lipinski definition) is 1. The van der Waals surface area contributed by atoms with Crippen LogP contribution in [0.2, 0.25) is 0 Å². The zero-order chi connectivity index (χ0) is 18.6. The lowest BCUT2D eigenvalue weighted by Gasteiger charge is -2.25. The Morgan fingerprint density at radius 1 is 0.963 bits per heavy atom. The van der Waals surface area contributed by atoms with Gasteiger partial charge in [-0.2, -0.15) is 0 Å². The molecule has 27 heavy (non-hydrogen) atoms. The largest absolute Gasteiger partial charge is 0.340 e. The number of nitrogens with one attached hydrogen (secondary N) is 1. The number of carbonyl (C=O) groups excluding carboxylic acids is 1. The van der Waals surface area contributed by atoms with Crippen molar-refractivity contribution in [3.63, 3.8) is 0 Å². The number of benzene rings is 2. The third-order valence-corrected chi connectivity index (χ3v) is 5.30. The molecule has 3 aromatic rings. The van der Waals surface area contributed by atoms with Gasteiger partial charge < -0.3 is 14.8 Å². The Balaban J connectivity index is 1.58. The fourth-order valence-electron chi connectivity index (χ4n) is 3.80. The van der Waals surface area contributed by atoms with E-state index in [4.69, 9.17) is 0 Å². The van der Waals surface area contributed by atoms with Gasteiger partial charge in [-0.25, -0.2) is 0 Å². The zero-order valence-electron chi connectivity index (χ0n) is 15.6. The van der Waals surface area contributed by atoms with E-state index in [9.17, 15) is 4.79 Å². The molecule has 1 fully saturated rings. The van der Waals surface area contributed by atoms with Gasteiger partial charge in [-0.3, -0.25) is 4.79 Å². The molecule has 4 heteroatoms. The number of nitrogens with zero attached hydrogens (tertiary/aromatic N) is 2. The highest BCUT2D eigenvalue weighted by molar-refractivity contribution is 5.94. The molecule has 0 spiro atoms. The molecule has 1 aliphatic rings. The lowest BCUT2D eigenvalue weighted by molar-refractivity contribution is 0.0743. The highest BCUT2D eigenvalue weighted by Crippen LogP contribution is 2.24. The van der Waals surface area contributed by atoms with Gasteiger partial charge in [0.25, 0.3) is 5.91 Å². The highest BCUT2D eigenvalue weighted by Gasteiger charge is 2.25. The molecule has 4 rings (SSSR count). The summed E-state index contributed by atoms with van der Waals surface area (Å²) in [4.78, 5) is 15.3. The first-order chi connectivity index (χ1) is 13.2. The summed E-state index contributed by atoms with van der Waals surface area (Å²) in [7, 11) is 1.97. The standard InChI is InChI=1S/C23H25N3O/c1-25-21(19-11-6-3-7-12-19)13-14-22(25)23(27)26-16-8-15-24-20(17-26)18-9-4-2-5-10-18/h2-7,9-14,20,24H,8,15-17H2,1H3. The van der Waals surface area contributed by atoms with Gasteiger partial charge in [0, 0.05) is 31.9 Å². The number of carbonyl (C=O) groups is 1. The van der Waals surface area contributed by atoms with Crippen LogP contribution in [-0.2, 0) is 7.05 Å². The van der Waals surface area contributed by atoms with Crippen LogP contribution in [0.25, 0.3) is 11.3 Å². The summed E-state index contributed by atoms with van der Waals surface area (Å²) in [5.74, 6) is 0.101. The molecule has 1 saturated heterocycles. The molecule has 4 nitrogen and oxygen atoms in total. The van der Waals surface area contributed by atoms with Crippen molar-refractivity contribution in [2.24, 2.45) is 7.05 Å². The molecule has 0 aliphatic carbocycles. The van der Waals surface area contributed by atoms with Crippen LogP contribution in [0.1, 0.15) is 28.5 Å². The number of aromatic nitrogens is 1. The van der Waals surface area contributed by atoms with E-state index in [2.05, 4.69) is 41.7 Å². The first kappa shape index (κ1) is 17.6. The molecular weight excluding hydrogens is 334 g/mol. The van der Waals surface area contributed by atoms with Gasteiger partial charge in [0.1, 0.15) is 5.69 Å². The molecular formula is C23H25N3O. The Bertz CT molecular complexity index is 902. The van der Waals surface area contributed by atoms with Crippen molar-refractivity contribution in [1.29, 1.82) is 0 Å². The average molecular weight is 359 g/mol. The highest BCUT2D eigenvalue weighted by atomic mass is 16.2. The maximum atomic E-state index is 13.3. The van der Waals surface area contributed by atoms with Crippen LogP contribution in [-0.4, -0.2) is 35.0 Å². The molecule has 2 aromatic carbocycles. The summed E-state index contributed by atoms with van der Waals surface area (Å²) in [6.45, 7) is 2.39. The molecule has 1 atom stereocenters. The van der Waals surface area contributed by atoms with E-state index in [-0.39, 0.29) is 11.9 Å². The molecule has 138 valence electrons. The van der Waals surface area contributed by atoms with E-state index < -0.39 is 0 Å². The Morgan fingerprint density at radius 2 is 1.67 bits per heavy atom. The maximum Gasteiger partial charge on any atom is 0.270 e. The summed E-state index contributed by atoms with van der Waals surface area (Å²) in [5.41, 5.74) is 4.15. The van der Waals surface area contributed by atoms with E-state index in [0.29, 0.717) is 6.54 Å². The Hall–Kier alpha value is -2.85. The fraction of sp³-hybridized carbons (Fsp3) is 0.261. The molecule has 2 heterocycles. The predicted octanol–water partition coefficient (Wildman–Crippen LogP) is 3.87. The number of amides is 1. The summed E-state index contributed by atoms with van der Waals surface area (Å²) < 4.78 is 2.01. The first-order valence-electron chi connectivity index (χ1n) is 9.53. The lowest BCUT2D eigenvalue weighted by atomic mass is 10.1. The van der Waals surface area contributed by atoms with Gasteiger partial charge in [-0.05, 0) is 36.2 Å². The van der Waals surface area contributed by atoms with Gasteiger partial charge >= 0.3 is 0 Å². The van der Waals surface area contributed by atoms with Crippen molar-refractivity contribution in [3.8, 4) is 11.3 Å². The number of rotatable bonds is 3. The van der Waals surface area contributed by atoms with E-state index in [1.54, 1.807) is 0 Å². The summed E-state index contributed by atoms with van der Waals surface area (Å²) in [6.07, 6.45) is 0.963. The minimum Gasteiger partial charge on any atom is -0.340 e. The Labute approximate surface area is 160 Å². The van der Waals surface area contributed by atoms with Crippen LogP contribution in [0.15, 0.2) is 72.8 Å². The normalized spacial score (nSPS) is 17.5. The van der Waals surface area contributed by atoms with Crippen LogP contribution in [0.4, 0.5) is 0 Å². The van der Waals surface area contributed by atoms with Gasteiger partial charge in [0.15, 0.2) is 0 Å². The average Bonchev–Trinajstić information content (AvgIpc) is 2.94. The van der Waals surface area contributed by atoms with Crippen LogP contribution >= 0.6 is 0 Å². The molecule has 0 saturated carbocycles. The predicted molar refractivity (Wildman–Crippen MR) is 109 cm³/mol. The van der Waals surface area contributed by atoms with Crippen molar-refractivity contribution in [3.05, 3.63) is 84.1 Å². The van der Waals surface area contributed by atoms with Crippen molar-refractivity contribution in [2.45, 2.75) is 12.5 Å². The molecule has 1 aromatic heterocycles. The summed E-state index contributed by atoms with van der Waals surface area (Å²) in [5, 5.41) is 3.58. The third kappa shape index (κ3) is 3.67. The SMILES string of the molecule is Cn1c(C(=O)N2CCCNC(c3ccccc3)C2)ccc1-c1ccccc1. The second-order valence-electron chi connectivity index (χ2n) is 7.05. The minimum atomic E-state index is 0.101. The van der Waals surface area contributed by atoms with Crippen LogP contribution in [0, 0.1) is 0 Å². The first-order valence-corrected chi connectivity index (χ1v) is 9.53. The minimum absolute atomic E-state index is 0.101. The van der Waals surface area contributed by atoms with E-state index >= 15 is 0 Å². The van der Waals surface area contributed by atoms with E-state index in [1.807, 2.05) is 52.9 Å². The van der Waals surface area contributed by atoms with Gasteiger partial charge in [-0.15, -0.1) is 0 Å². The quantitative estimate of drug-likeness (QED) is 0.771. The molecule has 1 N–H and O–H groups in total. The van der Waals surface area contributed by atoms with E-state index in [0.717, 1.165) is 36.5 Å². The second-order valence-corrected chi connectivity index (χ2v) is 7.05. The molecule has 1 unspecified atom stereocenters.